The number of hydrogen-bond donors (Lipinski definition) is 4. The van der Waals surface area contributed by atoms with Gasteiger partial charge in [0.25, 0.3) is 0 Å². The zero-order valence-electron chi connectivity index (χ0n) is 11.0. The summed E-state index contributed by atoms with van der Waals surface area (Å²) in [5, 5.41) is 22.7. The predicted octanol–water partition coefficient (Wildman–Crippen LogP) is -2.03. The fourth-order valence-electron chi connectivity index (χ4n) is 2.35. The SMILES string of the molecule is CNc1ncnc2c1ncn2[C@@H]1O[C@H](C(N)=O)[C@@H](O)[C@H]1O. The quantitative estimate of drug-likeness (QED) is 0.506. The lowest BCUT2D eigenvalue weighted by molar-refractivity contribution is -0.134. The van der Waals surface area contributed by atoms with E-state index in [9.17, 15) is 15.0 Å². The van der Waals surface area contributed by atoms with Crippen molar-refractivity contribution in [3.05, 3.63) is 12.7 Å². The molecule has 0 unspecified atom stereocenters. The maximum absolute atomic E-state index is 11.2. The molecule has 1 saturated heterocycles. The minimum Gasteiger partial charge on any atom is -0.387 e. The summed E-state index contributed by atoms with van der Waals surface area (Å²) in [6.45, 7) is 0. The van der Waals surface area contributed by atoms with E-state index in [2.05, 4.69) is 20.3 Å². The molecule has 1 fully saturated rings. The molecule has 21 heavy (non-hydrogen) atoms. The van der Waals surface area contributed by atoms with Crippen molar-refractivity contribution in [1.29, 1.82) is 0 Å². The van der Waals surface area contributed by atoms with Crippen LogP contribution in [0, 0.1) is 0 Å². The monoisotopic (exact) mass is 294 g/mol. The first kappa shape index (κ1) is 13.7. The van der Waals surface area contributed by atoms with E-state index in [1.165, 1.54) is 17.2 Å². The summed E-state index contributed by atoms with van der Waals surface area (Å²) in [4.78, 5) is 23.5. The molecule has 0 spiro atoms. The van der Waals surface area contributed by atoms with Crippen molar-refractivity contribution < 1.29 is 19.7 Å². The Morgan fingerprint density at radius 3 is 2.76 bits per heavy atom. The number of imidazole rings is 1. The Bertz CT molecular complexity index is 688. The van der Waals surface area contributed by atoms with Crippen LogP contribution in [0.25, 0.3) is 11.2 Å². The summed E-state index contributed by atoms with van der Waals surface area (Å²) in [7, 11) is 1.69. The number of anilines is 1. The van der Waals surface area contributed by atoms with Crippen LogP contribution in [0.3, 0.4) is 0 Å². The van der Waals surface area contributed by atoms with Crippen molar-refractivity contribution in [3.8, 4) is 0 Å². The second-order valence-corrected chi connectivity index (χ2v) is 4.63. The summed E-state index contributed by atoms with van der Waals surface area (Å²) in [6, 6.07) is 0. The van der Waals surface area contributed by atoms with E-state index in [1.54, 1.807) is 7.05 Å². The van der Waals surface area contributed by atoms with Gasteiger partial charge in [-0.1, -0.05) is 0 Å². The molecule has 10 nitrogen and oxygen atoms in total. The third-order valence-electron chi connectivity index (χ3n) is 3.39. The van der Waals surface area contributed by atoms with Crippen LogP contribution in [0.1, 0.15) is 6.23 Å². The van der Waals surface area contributed by atoms with Crippen LogP contribution >= 0.6 is 0 Å². The molecule has 0 aromatic carbocycles. The maximum atomic E-state index is 11.2. The van der Waals surface area contributed by atoms with Gasteiger partial charge in [0, 0.05) is 7.05 Å². The van der Waals surface area contributed by atoms with Gasteiger partial charge >= 0.3 is 0 Å². The molecule has 2 aromatic rings. The fourth-order valence-corrected chi connectivity index (χ4v) is 2.35. The zero-order valence-corrected chi connectivity index (χ0v) is 11.0. The summed E-state index contributed by atoms with van der Waals surface area (Å²) < 4.78 is 6.77. The molecule has 112 valence electrons. The molecular weight excluding hydrogens is 280 g/mol. The van der Waals surface area contributed by atoms with Gasteiger partial charge in [-0.05, 0) is 0 Å². The van der Waals surface area contributed by atoms with E-state index in [-0.39, 0.29) is 0 Å². The summed E-state index contributed by atoms with van der Waals surface area (Å²) in [5.41, 5.74) is 6.01. The van der Waals surface area contributed by atoms with E-state index >= 15 is 0 Å². The number of aromatic nitrogens is 4. The summed E-state index contributed by atoms with van der Waals surface area (Å²) >= 11 is 0. The molecule has 0 bridgehead atoms. The van der Waals surface area contributed by atoms with Crippen molar-refractivity contribution >= 4 is 22.9 Å². The van der Waals surface area contributed by atoms with Gasteiger partial charge in [-0.15, -0.1) is 0 Å². The Labute approximate surface area is 118 Å². The Balaban J connectivity index is 2.03. The van der Waals surface area contributed by atoms with Gasteiger partial charge in [0.15, 0.2) is 23.8 Å². The van der Waals surface area contributed by atoms with Crippen LogP contribution in [0.2, 0.25) is 0 Å². The minimum absolute atomic E-state index is 0.399. The molecule has 1 aliphatic heterocycles. The van der Waals surface area contributed by atoms with Gasteiger partial charge in [0.2, 0.25) is 5.91 Å². The summed E-state index contributed by atoms with van der Waals surface area (Å²) in [5.74, 6) is -0.336. The van der Waals surface area contributed by atoms with Gasteiger partial charge < -0.3 is 26.0 Å². The molecular formula is C11H14N6O4. The summed E-state index contributed by atoms with van der Waals surface area (Å²) in [6.07, 6.45) is -2.31. The highest BCUT2D eigenvalue weighted by Gasteiger charge is 2.47. The van der Waals surface area contributed by atoms with Crippen LogP contribution in [0.5, 0.6) is 0 Å². The first-order chi connectivity index (χ1) is 10.0. The standard InChI is InChI=1S/C11H14N6O4/c1-13-9-4-10(15-2-14-9)17(3-16-4)11-6(19)5(18)7(21-11)8(12)20/h2-3,5-7,11,18-19H,1H3,(H2,12,20)(H,13,14,15)/t5-,6+,7-,11+/m0/s1. The van der Waals surface area contributed by atoms with Gasteiger partial charge in [-0.25, -0.2) is 15.0 Å². The number of nitrogens with zero attached hydrogens (tertiary/aromatic N) is 4. The Kier molecular flexibility index (Phi) is 3.20. The Hall–Kier alpha value is -2.30. The lowest BCUT2D eigenvalue weighted by atomic mass is 10.1. The van der Waals surface area contributed by atoms with Crippen molar-refractivity contribution in [2.24, 2.45) is 5.73 Å². The molecule has 0 radical (unpaired) electrons. The van der Waals surface area contributed by atoms with Crippen LogP contribution in [0.4, 0.5) is 5.82 Å². The number of aliphatic hydroxyl groups excluding tert-OH is 2. The van der Waals surface area contributed by atoms with Crippen molar-refractivity contribution in [2.45, 2.75) is 24.5 Å². The number of primary amides is 1. The van der Waals surface area contributed by atoms with E-state index < -0.39 is 30.4 Å². The third kappa shape index (κ3) is 2.00. The Morgan fingerprint density at radius 1 is 1.38 bits per heavy atom. The molecule has 1 aliphatic rings. The second-order valence-electron chi connectivity index (χ2n) is 4.63. The van der Waals surface area contributed by atoms with Crippen LogP contribution < -0.4 is 11.1 Å². The minimum atomic E-state index is -1.41. The highest BCUT2D eigenvalue weighted by atomic mass is 16.6. The molecule has 0 saturated carbocycles. The van der Waals surface area contributed by atoms with Crippen molar-refractivity contribution in [2.75, 3.05) is 12.4 Å². The number of nitrogens with one attached hydrogen (secondary N) is 1. The zero-order chi connectivity index (χ0) is 15.1. The first-order valence-electron chi connectivity index (χ1n) is 6.20. The molecule has 3 rings (SSSR count). The first-order valence-corrected chi connectivity index (χ1v) is 6.20. The van der Waals surface area contributed by atoms with E-state index in [1.807, 2.05) is 0 Å². The maximum Gasteiger partial charge on any atom is 0.249 e. The van der Waals surface area contributed by atoms with Gasteiger partial charge in [-0.2, -0.15) is 0 Å². The van der Waals surface area contributed by atoms with Crippen molar-refractivity contribution in [3.63, 3.8) is 0 Å². The largest absolute Gasteiger partial charge is 0.387 e. The highest BCUT2D eigenvalue weighted by molar-refractivity contribution is 5.83. The van der Waals surface area contributed by atoms with Crippen LogP contribution in [-0.4, -0.2) is 61.0 Å². The van der Waals surface area contributed by atoms with Crippen LogP contribution in [-0.2, 0) is 9.53 Å². The number of hydrogen-bond acceptors (Lipinski definition) is 8. The number of carbonyl (C=O) groups is 1. The second kappa shape index (κ2) is 4.91. The lowest BCUT2D eigenvalue weighted by Crippen LogP contribution is -2.39. The normalized spacial score (nSPS) is 28.9. The molecule has 3 heterocycles. The molecule has 0 aliphatic carbocycles. The molecule has 2 aromatic heterocycles. The topological polar surface area (TPSA) is 148 Å². The smallest absolute Gasteiger partial charge is 0.249 e. The van der Waals surface area contributed by atoms with Crippen LogP contribution in [0.15, 0.2) is 12.7 Å². The van der Waals surface area contributed by atoms with E-state index in [4.69, 9.17) is 10.5 Å². The number of fused-ring (bicyclic) bond motifs is 1. The number of aliphatic hydroxyl groups is 2. The fraction of sp³-hybridized carbons (Fsp3) is 0.455. The average molecular weight is 294 g/mol. The number of amides is 1. The molecule has 4 atom stereocenters. The third-order valence-corrected chi connectivity index (χ3v) is 3.39. The van der Waals surface area contributed by atoms with Crippen molar-refractivity contribution in [1.82, 2.24) is 19.5 Å². The van der Waals surface area contributed by atoms with Gasteiger partial charge in [0.1, 0.15) is 24.1 Å². The van der Waals surface area contributed by atoms with E-state index in [0.717, 1.165) is 0 Å². The lowest BCUT2D eigenvalue weighted by Gasteiger charge is -2.16. The predicted molar refractivity (Wildman–Crippen MR) is 70.0 cm³/mol. The Morgan fingerprint density at radius 2 is 2.14 bits per heavy atom. The number of ether oxygens (including phenoxy) is 1. The molecule has 1 amide bonds. The molecule has 5 N–H and O–H groups in total. The van der Waals surface area contributed by atoms with Gasteiger partial charge in [0.05, 0.1) is 6.33 Å². The molecule has 10 heteroatoms. The van der Waals surface area contributed by atoms with Gasteiger partial charge in [-0.3, -0.25) is 9.36 Å². The number of rotatable bonds is 3. The number of carbonyl (C=O) groups excluding carboxylic acids is 1. The average Bonchev–Trinajstić information content (AvgIpc) is 3.01. The van der Waals surface area contributed by atoms with E-state index in [0.29, 0.717) is 17.0 Å². The number of nitrogens with two attached hydrogens (primary N) is 1. The highest BCUT2D eigenvalue weighted by Crippen LogP contribution is 2.31.